The normalized spacial score (nSPS) is 12.1. The van der Waals surface area contributed by atoms with Gasteiger partial charge >= 0.3 is 0 Å². The Morgan fingerprint density at radius 2 is 2.23 bits per heavy atom. The Labute approximate surface area is 136 Å². The Bertz CT molecular complexity index is 658. The number of hydrogen-bond acceptors (Lipinski definition) is 3. The zero-order chi connectivity index (χ0) is 15.9. The summed E-state index contributed by atoms with van der Waals surface area (Å²) >= 11 is 1.56. The Hall–Kier alpha value is -1.68. The van der Waals surface area contributed by atoms with Crippen LogP contribution in [-0.4, -0.2) is 17.4 Å². The third kappa shape index (κ3) is 4.95. The SMILES string of the molecule is CC(=CCNC(=O)c1ccc2ncsc2c1)CCCC(C)C. The van der Waals surface area contributed by atoms with E-state index in [0.29, 0.717) is 12.1 Å². The van der Waals surface area contributed by atoms with Gasteiger partial charge in [0.05, 0.1) is 15.7 Å². The van der Waals surface area contributed by atoms with Crippen LogP contribution in [0.2, 0.25) is 0 Å². The Morgan fingerprint density at radius 1 is 1.41 bits per heavy atom. The number of amides is 1. The molecule has 0 atom stereocenters. The van der Waals surface area contributed by atoms with E-state index in [1.165, 1.54) is 18.4 Å². The van der Waals surface area contributed by atoms with Gasteiger partial charge in [-0.15, -0.1) is 11.3 Å². The number of hydrogen-bond donors (Lipinski definition) is 1. The molecule has 118 valence electrons. The molecule has 0 aliphatic carbocycles. The highest BCUT2D eigenvalue weighted by Gasteiger charge is 2.06. The van der Waals surface area contributed by atoms with Gasteiger partial charge in [-0.25, -0.2) is 4.98 Å². The topological polar surface area (TPSA) is 42.0 Å². The number of nitrogens with zero attached hydrogens (tertiary/aromatic N) is 1. The molecule has 0 saturated carbocycles. The molecular formula is C18H24N2OS. The number of allylic oxidation sites excluding steroid dienone is 1. The maximum absolute atomic E-state index is 12.1. The summed E-state index contributed by atoms with van der Waals surface area (Å²) in [6.45, 7) is 7.22. The maximum atomic E-state index is 12.1. The molecule has 1 heterocycles. The van der Waals surface area contributed by atoms with Gasteiger partial charge in [0, 0.05) is 12.1 Å². The molecule has 0 saturated heterocycles. The van der Waals surface area contributed by atoms with Gasteiger partial charge < -0.3 is 5.32 Å². The second-order valence-electron chi connectivity index (χ2n) is 6.08. The minimum atomic E-state index is -0.0264. The van der Waals surface area contributed by atoms with E-state index in [0.717, 1.165) is 22.6 Å². The fraction of sp³-hybridized carbons (Fsp3) is 0.444. The average Bonchev–Trinajstić information content (AvgIpc) is 2.94. The van der Waals surface area contributed by atoms with Gasteiger partial charge in [-0.1, -0.05) is 31.9 Å². The van der Waals surface area contributed by atoms with Crippen molar-refractivity contribution in [3.63, 3.8) is 0 Å². The first kappa shape index (κ1) is 16.7. The van der Waals surface area contributed by atoms with Crippen LogP contribution in [-0.2, 0) is 0 Å². The van der Waals surface area contributed by atoms with E-state index in [-0.39, 0.29) is 5.91 Å². The molecule has 1 N–H and O–H groups in total. The van der Waals surface area contributed by atoms with E-state index < -0.39 is 0 Å². The molecule has 0 aliphatic heterocycles. The van der Waals surface area contributed by atoms with Crippen LogP contribution in [0.5, 0.6) is 0 Å². The quantitative estimate of drug-likeness (QED) is 0.746. The van der Waals surface area contributed by atoms with E-state index in [9.17, 15) is 4.79 Å². The van der Waals surface area contributed by atoms with Gasteiger partial charge in [-0.3, -0.25) is 4.79 Å². The van der Waals surface area contributed by atoms with Crippen molar-refractivity contribution in [2.75, 3.05) is 6.54 Å². The van der Waals surface area contributed by atoms with Crippen LogP contribution in [0, 0.1) is 5.92 Å². The lowest BCUT2D eigenvalue weighted by Gasteiger charge is -2.06. The zero-order valence-electron chi connectivity index (χ0n) is 13.6. The first-order chi connectivity index (χ1) is 10.6. The van der Waals surface area contributed by atoms with Crippen LogP contribution in [0.4, 0.5) is 0 Å². The molecule has 0 spiro atoms. The van der Waals surface area contributed by atoms with Gasteiger partial charge in [0.25, 0.3) is 5.91 Å². The zero-order valence-corrected chi connectivity index (χ0v) is 14.4. The Morgan fingerprint density at radius 3 is 3.00 bits per heavy atom. The summed E-state index contributed by atoms with van der Waals surface area (Å²) in [5, 5.41) is 2.95. The third-order valence-electron chi connectivity index (χ3n) is 3.66. The van der Waals surface area contributed by atoms with Crippen molar-refractivity contribution in [1.82, 2.24) is 10.3 Å². The predicted octanol–water partition coefficient (Wildman–Crippen LogP) is 4.80. The second kappa shape index (κ2) is 8.08. The lowest BCUT2D eigenvalue weighted by atomic mass is 10.0. The van der Waals surface area contributed by atoms with Gasteiger partial charge in [0.15, 0.2) is 0 Å². The van der Waals surface area contributed by atoms with Gasteiger partial charge in [0.1, 0.15) is 0 Å². The number of fused-ring (bicyclic) bond motifs is 1. The molecule has 4 heteroatoms. The minimum absolute atomic E-state index is 0.0264. The largest absolute Gasteiger partial charge is 0.349 e. The monoisotopic (exact) mass is 316 g/mol. The summed E-state index contributed by atoms with van der Waals surface area (Å²) in [7, 11) is 0. The molecule has 0 fully saturated rings. The molecule has 2 rings (SSSR count). The molecular weight excluding hydrogens is 292 g/mol. The molecule has 3 nitrogen and oxygen atoms in total. The molecule has 1 amide bonds. The van der Waals surface area contributed by atoms with Crippen molar-refractivity contribution in [2.45, 2.75) is 40.0 Å². The summed E-state index contributed by atoms with van der Waals surface area (Å²) in [6.07, 6.45) is 5.70. The van der Waals surface area contributed by atoms with E-state index in [2.05, 4.69) is 37.1 Å². The highest BCUT2D eigenvalue weighted by atomic mass is 32.1. The van der Waals surface area contributed by atoms with Gasteiger partial charge in [0.2, 0.25) is 0 Å². The molecule has 1 aromatic carbocycles. The summed E-state index contributed by atoms with van der Waals surface area (Å²) in [5.74, 6) is 0.732. The van der Waals surface area contributed by atoms with Crippen LogP contribution in [0.25, 0.3) is 10.2 Å². The van der Waals surface area contributed by atoms with Crippen LogP contribution in [0.3, 0.4) is 0 Å². The number of thiazole rings is 1. The number of rotatable bonds is 7. The second-order valence-corrected chi connectivity index (χ2v) is 6.97. The summed E-state index contributed by atoms with van der Waals surface area (Å²) in [5.41, 5.74) is 4.79. The maximum Gasteiger partial charge on any atom is 0.251 e. The highest BCUT2D eigenvalue weighted by Crippen LogP contribution is 2.19. The number of carbonyl (C=O) groups excluding carboxylic acids is 1. The molecule has 1 aromatic heterocycles. The first-order valence-electron chi connectivity index (χ1n) is 7.83. The van der Waals surface area contributed by atoms with Crippen LogP contribution < -0.4 is 5.32 Å². The van der Waals surface area contributed by atoms with E-state index in [1.54, 1.807) is 16.8 Å². The van der Waals surface area contributed by atoms with Crippen molar-refractivity contribution >= 4 is 27.5 Å². The highest BCUT2D eigenvalue weighted by molar-refractivity contribution is 7.16. The van der Waals surface area contributed by atoms with Gasteiger partial charge in [-0.2, -0.15) is 0 Å². The summed E-state index contributed by atoms with van der Waals surface area (Å²) in [6, 6.07) is 5.63. The van der Waals surface area contributed by atoms with Crippen molar-refractivity contribution in [3.05, 3.63) is 40.9 Å². The van der Waals surface area contributed by atoms with Crippen LogP contribution >= 0.6 is 11.3 Å². The fourth-order valence-corrected chi connectivity index (χ4v) is 3.02. The van der Waals surface area contributed by atoms with Crippen molar-refractivity contribution in [1.29, 1.82) is 0 Å². The lowest BCUT2D eigenvalue weighted by molar-refractivity contribution is 0.0958. The molecule has 2 aromatic rings. The molecule has 0 aliphatic rings. The van der Waals surface area contributed by atoms with Crippen LogP contribution in [0.15, 0.2) is 35.4 Å². The number of carbonyl (C=O) groups is 1. The Kier molecular flexibility index (Phi) is 6.13. The standard InChI is InChI=1S/C18H24N2OS/c1-13(2)5-4-6-14(3)9-10-19-18(21)15-7-8-16-17(11-15)22-12-20-16/h7-9,11-13H,4-6,10H2,1-3H3,(H,19,21). The molecule has 0 unspecified atom stereocenters. The van der Waals surface area contributed by atoms with E-state index >= 15 is 0 Å². The van der Waals surface area contributed by atoms with Crippen molar-refractivity contribution < 1.29 is 4.79 Å². The molecule has 0 radical (unpaired) electrons. The summed E-state index contributed by atoms with van der Waals surface area (Å²) < 4.78 is 1.05. The third-order valence-corrected chi connectivity index (χ3v) is 4.45. The van der Waals surface area contributed by atoms with E-state index in [1.807, 2.05) is 18.2 Å². The summed E-state index contributed by atoms with van der Waals surface area (Å²) in [4.78, 5) is 16.4. The number of aromatic nitrogens is 1. The molecule has 0 bridgehead atoms. The average molecular weight is 316 g/mol. The number of benzene rings is 1. The van der Waals surface area contributed by atoms with Crippen molar-refractivity contribution in [2.24, 2.45) is 5.92 Å². The smallest absolute Gasteiger partial charge is 0.251 e. The van der Waals surface area contributed by atoms with Crippen LogP contribution in [0.1, 0.15) is 50.4 Å². The van der Waals surface area contributed by atoms with Gasteiger partial charge in [-0.05, 0) is 43.9 Å². The van der Waals surface area contributed by atoms with Crippen molar-refractivity contribution in [3.8, 4) is 0 Å². The Balaban J connectivity index is 1.81. The molecule has 22 heavy (non-hydrogen) atoms. The minimum Gasteiger partial charge on any atom is -0.349 e. The van der Waals surface area contributed by atoms with E-state index in [4.69, 9.17) is 0 Å². The fourth-order valence-electron chi connectivity index (χ4n) is 2.31. The number of nitrogens with one attached hydrogen (secondary N) is 1. The predicted molar refractivity (Wildman–Crippen MR) is 94.4 cm³/mol. The first-order valence-corrected chi connectivity index (χ1v) is 8.71. The lowest BCUT2D eigenvalue weighted by Crippen LogP contribution is -2.23.